The molecule has 0 aliphatic carbocycles. The fourth-order valence-electron chi connectivity index (χ4n) is 5.03. The molecule has 1 atom stereocenters. The van der Waals surface area contributed by atoms with Crippen molar-refractivity contribution in [1.29, 1.82) is 0 Å². The first-order valence-corrected chi connectivity index (χ1v) is 18.9. The van der Waals surface area contributed by atoms with Gasteiger partial charge in [-0.25, -0.2) is 0 Å². The second-order valence-corrected chi connectivity index (χ2v) is 12.3. The van der Waals surface area contributed by atoms with Crippen molar-refractivity contribution in [3.63, 3.8) is 0 Å². The minimum absolute atomic E-state index is 0.196. The molecule has 0 aliphatic heterocycles. The van der Waals surface area contributed by atoms with Gasteiger partial charge in [-0.05, 0) is 70.6 Å². The van der Waals surface area contributed by atoms with E-state index in [4.69, 9.17) is 9.47 Å². The quantitative estimate of drug-likeness (QED) is 0.0437. The fraction of sp³-hybridized carbons (Fsp3) is 0.732. The van der Waals surface area contributed by atoms with Crippen LogP contribution in [0.5, 0.6) is 0 Å². The van der Waals surface area contributed by atoms with Crippen LogP contribution in [0.1, 0.15) is 168 Å². The number of ether oxygens (including phenoxy) is 2. The van der Waals surface area contributed by atoms with Crippen LogP contribution in [0.25, 0.3) is 0 Å². The van der Waals surface area contributed by atoms with E-state index in [9.17, 15) is 9.90 Å². The lowest BCUT2D eigenvalue weighted by molar-refractivity contribution is -0.154. The van der Waals surface area contributed by atoms with Crippen molar-refractivity contribution in [2.45, 2.75) is 174 Å². The van der Waals surface area contributed by atoms with Crippen LogP contribution >= 0.6 is 0 Å². The first kappa shape index (κ1) is 43.1. The maximum Gasteiger partial charge on any atom is 0.306 e. The van der Waals surface area contributed by atoms with Crippen LogP contribution in [0.15, 0.2) is 60.8 Å². The maximum absolute atomic E-state index is 12.2. The zero-order valence-electron chi connectivity index (χ0n) is 29.6. The minimum Gasteiger partial charge on any atom is -0.457 e. The molecule has 260 valence electrons. The topological polar surface area (TPSA) is 55.8 Å². The summed E-state index contributed by atoms with van der Waals surface area (Å²) in [5, 5.41) is 9.55. The van der Waals surface area contributed by atoms with E-state index in [0.29, 0.717) is 13.0 Å². The molecule has 0 saturated carbocycles. The smallest absolute Gasteiger partial charge is 0.306 e. The Morgan fingerprint density at radius 3 is 1.53 bits per heavy atom. The zero-order chi connectivity index (χ0) is 32.7. The summed E-state index contributed by atoms with van der Waals surface area (Å²) in [4.78, 5) is 12.2. The second-order valence-electron chi connectivity index (χ2n) is 12.3. The number of esters is 1. The number of hydrogen-bond donors (Lipinski definition) is 1. The largest absolute Gasteiger partial charge is 0.457 e. The van der Waals surface area contributed by atoms with Crippen molar-refractivity contribution >= 4 is 5.97 Å². The van der Waals surface area contributed by atoms with Gasteiger partial charge in [0.2, 0.25) is 0 Å². The molecule has 0 bridgehead atoms. The SMILES string of the molecule is CC/C=C\C/C=C\C/C=C\C/C=C\CCCOCC(CO)OC(=O)CCCCCCCCCCC/C=C\CCCCCCCC. The van der Waals surface area contributed by atoms with Gasteiger partial charge >= 0.3 is 5.97 Å². The molecule has 0 amide bonds. The summed E-state index contributed by atoms with van der Waals surface area (Å²) in [6, 6.07) is 0. The molecule has 0 aromatic heterocycles. The van der Waals surface area contributed by atoms with Crippen molar-refractivity contribution < 1.29 is 19.4 Å². The van der Waals surface area contributed by atoms with E-state index in [1.807, 2.05) is 0 Å². The molecule has 0 saturated heterocycles. The molecule has 0 radical (unpaired) electrons. The highest BCUT2D eigenvalue weighted by Crippen LogP contribution is 2.13. The fourth-order valence-corrected chi connectivity index (χ4v) is 5.03. The van der Waals surface area contributed by atoms with Gasteiger partial charge in [-0.15, -0.1) is 0 Å². The normalized spacial score (nSPS) is 13.0. The average Bonchev–Trinajstić information content (AvgIpc) is 3.05. The second kappa shape index (κ2) is 38.3. The lowest BCUT2D eigenvalue weighted by atomic mass is 10.1. The Kier molecular flexibility index (Phi) is 36.6. The van der Waals surface area contributed by atoms with Gasteiger partial charge in [0.15, 0.2) is 0 Å². The zero-order valence-corrected chi connectivity index (χ0v) is 29.6. The van der Waals surface area contributed by atoms with Crippen LogP contribution in [0.2, 0.25) is 0 Å². The molecule has 0 heterocycles. The van der Waals surface area contributed by atoms with Crippen LogP contribution < -0.4 is 0 Å². The number of carbonyl (C=O) groups is 1. The predicted molar refractivity (Wildman–Crippen MR) is 196 cm³/mol. The molecular weight excluding hydrogens is 556 g/mol. The molecule has 0 aromatic rings. The van der Waals surface area contributed by atoms with Crippen LogP contribution in [0.4, 0.5) is 0 Å². The average molecular weight is 629 g/mol. The Bertz CT molecular complexity index is 749. The van der Waals surface area contributed by atoms with Gasteiger partial charge in [0.25, 0.3) is 0 Å². The molecule has 0 spiro atoms. The van der Waals surface area contributed by atoms with Gasteiger partial charge < -0.3 is 14.6 Å². The van der Waals surface area contributed by atoms with Gasteiger partial charge in [0.05, 0.1) is 13.2 Å². The number of hydrogen-bond acceptors (Lipinski definition) is 4. The molecular formula is C41H72O4. The third kappa shape index (κ3) is 36.4. The third-order valence-electron chi connectivity index (χ3n) is 7.83. The number of unbranched alkanes of at least 4 members (excludes halogenated alkanes) is 16. The van der Waals surface area contributed by atoms with Gasteiger partial charge in [0, 0.05) is 13.0 Å². The Labute approximate surface area is 279 Å². The first-order chi connectivity index (χ1) is 22.2. The lowest BCUT2D eigenvalue weighted by Crippen LogP contribution is -2.27. The highest BCUT2D eigenvalue weighted by atomic mass is 16.6. The number of rotatable bonds is 34. The summed E-state index contributed by atoms with van der Waals surface area (Å²) >= 11 is 0. The van der Waals surface area contributed by atoms with Crippen LogP contribution in [0, 0.1) is 0 Å². The molecule has 0 aliphatic rings. The van der Waals surface area contributed by atoms with E-state index in [2.05, 4.69) is 74.6 Å². The summed E-state index contributed by atoms with van der Waals surface area (Å²) in [5.74, 6) is -0.224. The van der Waals surface area contributed by atoms with Crippen LogP contribution in [-0.2, 0) is 14.3 Å². The van der Waals surface area contributed by atoms with Crippen LogP contribution in [-0.4, -0.2) is 37.0 Å². The Morgan fingerprint density at radius 2 is 1.00 bits per heavy atom. The Balaban J connectivity index is 3.52. The maximum atomic E-state index is 12.2. The molecule has 4 nitrogen and oxygen atoms in total. The van der Waals surface area contributed by atoms with E-state index in [-0.39, 0.29) is 19.2 Å². The number of aliphatic hydroxyl groups is 1. The van der Waals surface area contributed by atoms with Crippen molar-refractivity contribution in [3.05, 3.63) is 60.8 Å². The summed E-state index contributed by atoms with van der Waals surface area (Å²) < 4.78 is 11.1. The highest BCUT2D eigenvalue weighted by molar-refractivity contribution is 5.69. The van der Waals surface area contributed by atoms with E-state index < -0.39 is 6.10 Å². The van der Waals surface area contributed by atoms with Crippen molar-refractivity contribution in [3.8, 4) is 0 Å². The van der Waals surface area contributed by atoms with Gasteiger partial charge in [-0.3, -0.25) is 4.79 Å². The summed E-state index contributed by atoms with van der Waals surface area (Å²) in [5.41, 5.74) is 0. The van der Waals surface area contributed by atoms with Gasteiger partial charge in [0.1, 0.15) is 6.10 Å². The molecule has 0 rings (SSSR count). The van der Waals surface area contributed by atoms with Crippen molar-refractivity contribution in [2.24, 2.45) is 0 Å². The molecule has 1 N–H and O–H groups in total. The van der Waals surface area contributed by atoms with Gasteiger partial charge in [-0.1, -0.05) is 152 Å². The number of carbonyl (C=O) groups excluding carboxylic acids is 1. The summed E-state index contributed by atoms with van der Waals surface area (Å²) in [7, 11) is 0. The third-order valence-corrected chi connectivity index (χ3v) is 7.83. The van der Waals surface area contributed by atoms with E-state index >= 15 is 0 Å². The minimum atomic E-state index is -0.564. The van der Waals surface area contributed by atoms with Crippen LogP contribution in [0.3, 0.4) is 0 Å². The summed E-state index contributed by atoms with van der Waals surface area (Å²) in [6.45, 7) is 5.08. The predicted octanol–water partition coefficient (Wildman–Crippen LogP) is 12.1. The molecule has 4 heteroatoms. The lowest BCUT2D eigenvalue weighted by Gasteiger charge is -2.15. The monoisotopic (exact) mass is 629 g/mol. The summed E-state index contributed by atoms with van der Waals surface area (Å²) in [6.07, 6.45) is 49.9. The number of allylic oxidation sites excluding steroid dienone is 10. The Morgan fingerprint density at radius 1 is 0.556 bits per heavy atom. The first-order valence-electron chi connectivity index (χ1n) is 18.9. The number of aliphatic hydroxyl groups excluding tert-OH is 1. The molecule has 0 aromatic carbocycles. The van der Waals surface area contributed by atoms with E-state index in [1.54, 1.807) is 0 Å². The molecule has 45 heavy (non-hydrogen) atoms. The van der Waals surface area contributed by atoms with Crippen molar-refractivity contribution in [1.82, 2.24) is 0 Å². The van der Waals surface area contributed by atoms with E-state index in [1.165, 1.54) is 96.3 Å². The molecule has 0 fully saturated rings. The molecule has 1 unspecified atom stereocenters. The van der Waals surface area contributed by atoms with Gasteiger partial charge in [-0.2, -0.15) is 0 Å². The van der Waals surface area contributed by atoms with Crippen molar-refractivity contribution in [2.75, 3.05) is 19.8 Å². The Hall–Kier alpha value is -1.91. The van der Waals surface area contributed by atoms with E-state index in [0.717, 1.165) is 51.4 Å². The standard InChI is InChI=1S/C41H72O4/c1-3-5-7-9-11-13-15-17-19-20-21-22-23-24-26-28-30-32-34-36-41(43)45-40(38-42)39-44-37-35-33-31-29-27-25-18-16-14-12-10-8-6-4-2/h6,8,12,14,17-19,25,29,31,40,42H,3-5,7,9-11,13,15-16,20-24,26-28,30,32-39H2,1-2H3/b8-6-,14-12-,19-17-,25-18-,31-29-. The highest BCUT2D eigenvalue weighted by Gasteiger charge is 2.13.